The first-order chi connectivity index (χ1) is 6.88. The molecule has 0 aliphatic carbocycles. The minimum Gasteiger partial charge on any atom is -0.506 e. The standard InChI is InChI=1S/C12H18ClNO/c1-12(2,3)8-14-7-9-4-5-11(15)10(13)6-9/h4-6,14-15H,7-8H2,1-3H3. The molecule has 0 aliphatic heterocycles. The minimum atomic E-state index is 0.135. The Hall–Kier alpha value is -0.730. The minimum absolute atomic E-state index is 0.135. The van der Waals surface area contributed by atoms with E-state index in [-0.39, 0.29) is 11.2 Å². The Labute approximate surface area is 96.3 Å². The van der Waals surface area contributed by atoms with Crippen LogP contribution in [0.3, 0.4) is 0 Å². The normalized spacial score (nSPS) is 11.7. The van der Waals surface area contributed by atoms with Crippen molar-refractivity contribution >= 4 is 11.6 Å². The average Bonchev–Trinajstić information content (AvgIpc) is 2.09. The molecule has 0 heterocycles. The molecule has 0 amide bonds. The maximum absolute atomic E-state index is 9.25. The van der Waals surface area contributed by atoms with Crippen LogP contribution in [0.1, 0.15) is 26.3 Å². The zero-order valence-electron chi connectivity index (χ0n) is 9.47. The van der Waals surface area contributed by atoms with Crippen LogP contribution in [0, 0.1) is 5.41 Å². The van der Waals surface area contributed by atoms with Gasteiger partial charge in [0.25, 0.3) is 0 Å². The summed E-state index contributed by atoms with van der Waals surface area (Å²) in [6.07, 6.45) is 0. The number of phenolic OH excluding ortho intramolecular Hbond substituents is 1. The molecule has 1 aromatic carbocycles. The molecule has 0 aromatic heterocycles. The molecule has 0 radical (unpaired) electrons. The van der Waals surface area contributed by atoms with Crippen LogP contribution in [-0.4, -0.2) is 11.7 Å². The first-order valence-electron chi connectivity index (χ1n) is 5.06. The van der Waals surface area contributed by atoms with Gasteiger partial charge < -0.3 is 10.4 Å². The predicted octanol–water partition coefficient (Wildman–Crippen LogP) is 3.18. The van der Waals surface area contributed by atoms with Gasteiger partial charge in [-0.05, 0) is 23.1 Å². The second-order valence-corrected chi connectivity index (χ2v) is 5.36. The van der Waals surface area contributed by atoms with Gasteiger partial charge in [0.2, 0.25) is 0 Å². The first kappa shape index (κ1) is 12.3. The molecule has 0 aliphatic rings. The summed E-state index contributed by atoms with van der Waals surface area (Å²) < 4.78 is 0. The summed E-state index contributed by atoms with van der Waals surface area (Å²) in [6.45, 7) is 8.28. The molecule has 0 spiro atoms. The van der Waals surface area contributed by atoms with Crippen molar-refractivity contribution in [1.82, 2.24) is 5.32 Å². The molecule has 1 aromatic rings. The summed E-state index contributed by atoms with van der Waals surface area (Å²) >= 11 is 5.80. The molecule has 0 unspecified atom stereocenters. The topological polar surface area (TPSA) is 32.3 Å². The van der Waals surface area contributed by atoms with Crippen molar-refractivity contribution < 1.29 is 5.11 Å². The van der Waals surface area contributed by atoms with E-state index in [1.165, 1.54) is 0 Å². The number of nitrogens with one attached hydrogen (secondary N) is 1. The third-order valence-electron chi connectivity index (χ3n) is 2.00. The first-order valence-corrected chi connectivity index (χ1v) is 5.44. The highest BCUT2D eigenvalue weighted by Gasteiger charge is 2.08. The van der Waals surface area contributed by atoms with Crippen LogP contribution in [0.2, 0.25) is 5.02 Å². The molecular formula is C12H18ClNO. The molecule has 0 atom stereocenters. The molecule has 0 saturated carbocycles. The fourth-order valence-corrected chi connectivity index (χ4v) is 1.45. The summed E-state index contributed by atoms with van der Waals surface area (Å²) in [6, 6.07) is 5.28. The molecule has 1 rings (SSSR count). The lowest BCUT2D eigenvalue weighted by Gasteiger charge is -2.18. The summed E-state index contributed by atoms with van der Waals surface area (Å²) in [5, 5.41) is 13.0. The van der Waals surface area contributed by atoms with Crippen LogP contribution in [0.25, 0.3) is 0 Å². The second kappa shape index (κ2) is 4.86. The van der Waals surface area contributed by atoms with Crippen LogP contribution in [-0.2, 0) is 6.54 Å². The van der Waals surface area contributed by atoms with E-state index in [1.54, 1.807) is 12.1 Å². The zero-order chi connectivity index (χ0) is 11.5. The lowest BCUT2D eigenvalue weighted by molar-refractivity contribution is 0.379. The van der Waals surface area contributed by atoms with Crippen molar-refractivity contribution in [3.63, 3.8) is 0 Å². The molecule has 0 bridgehead atoms. The van der Waals surface area contributed by atoms with Crippen molar-refractivity contribution in [3.8, 4) is 5.75 Å². The van der Waals surface area contributed by atoms with E-state index < -0.39 is 0 Å². The van der Waals surface area contributed by atoms with Crippen molar-refractivity contribution in [2.45, 2.75) is 27.3 Å². The van der Waals surface area contributed by atoms with Gasteiger partial charge in [0.15, 0.2) is 0 Å². The van der Waals surface area contributed by atoms with Crippen molar-refractivity contribution in [2.24, 2.45) is 5.41 Å². The van der Waals surface area contributed by atoms with Crippen LogP contribution >= 0.6 is 11.6 Å². The predicted molar refractivity (Wildman–Crippen MR) is 64.3 cm³/mol. The largest absolute Gasteiger partial charge is 0.506 e. The highest BCUT2D eigenvalue weighted by atomic mass is 35.5. The van der Waals surface area contributed by atoms with Gasteiger partial charge in [-0.3, -0.25) is 0 Å². The maximum atomic E-state index is 9.25. The summed E-state index contributed by atoms with van der Waals surface area (Å²) in [7, 11) is 0. The summed E-state index contributed by atoms with van der Waals surface area (Å²) in [5.74, 6) is 0.135. The van der Waals surface area contributed by atoms with E-state index in [2.05, 4.69) is 26.1 Å². The Morgan fingerprint density at radius 3 is 2.53 bits per heavy atom. The van der Waals surface area contributed by atoms with Crippen molar-refractivity contribution in [2.75, 3.05) is 6.54 Å². The number of phenols is 1. The van der Waals surface area contributed by atoms with Gasteiger partial charge >= 0.3 is 0 Å². The number of hydrogen-bond acceptors (Lipinski definition) is 2. The lowest BCUT2D eigenvalue weighted by Crippen LogP contribution is -2.26. The molecule has 0 saturated heterocycles. The van der Waals surface area contributed by atoms with E-state index in [1.807, 2.05) is 6.07 Å². The molecule has 2 N–H and O–H groups in total. The summed E-state index contributed by atoms with van der Waals surface area (Å²) in [4.78, 5) is 0. The van der Waals surface area contributed by atoms with Crippen LogP contribution in [0.15, 0.2) is 18.2 Å². The van der Waals surface area contributed by atoms with Crippen LogP contribution in [0.5, 0.6) is 5.75 Å². The SMILES string of the molecule is CC(C)(C)CNCc1ccc(O)c(Cl)c1. The van der Waals surface area contributed by atoms with E-state index in [0.29, 0.717) is 5.02 Å². The average molecular weight is 228 g/mol. The lowest BCUT2D eigenvalue weighted by atomic mass is 9.97. The number of hydrogen-bond donors (Lipinski definition) is 2. The second-order valence-electron chi connectivity index (χ2n) is 4.95. The Morgan fingerprint density at radius 1 is 1.33 bits per heavy atom. The van der Waals surface area contributed by atoms with Gasteiger partial charge in [-0.25, -0.2) is 0 Å². The van der Waals surface area contributed by atoms with Crippen LogP contribution in [0.4, 0.5) is 0 Å². The fourth-order valence-electron chi connectivity index (χ4n) is 1.24. The smallest absolute Gasteiger partial charge is 0.134 e. The van der Waals surface area contributed by atoms with Crippen LogP contribution < -0.4 is 5.32 Å². The van der Waals surface area contributed by atoms with Gasteiger partial charge in [0.05, 0.1) is 5.02 Å². The zero-order valence-corrected chi connectivity index (χ0v) is 10.2. The Morgan fingerprint density at radius 2 is 2.00 bits per heavy atom. The molecule has 0 fully saturated rings. The fraction of sp³-hybridized carbons (Fsp3) is 0.500. The molecule has 2 nitrogen and oxygen atoms in total. The third kappa shape index (κ3) is 4.54. The third-order valence-corrected chi connectivity index (χ3v) is 2.30. The Kier molecular flexibility index (Phi) is 4.00. The number of benzene rings is 1. The Bertz CT molecular complexity index is 331. The van der Waals surface area contributed by atoms with E-state index in [4.69, 9.17) is 11.6 Å². The highest BCUT2D eigenvalue weighted by Crippen LogP contribution is 2.23. The monoisotopic (exact) mass is 227 g/mol. The van der Waals surface area contributed by atoms with Gasteiger partial charge in [-0.1, -0.05) is 38.4 Å². The molecule has 15 heavy (non-hydrogen) atoms. The van der Waals surface area contributed by atoms with Gasteiger partial charge in [-0.2, -0.15) is 0 Å². The van der Waals surface area contributed by atoms with Crippen molar-refractivity contribution in [3.05, 3.63) is 28.8 Å². The van der Waals surface area contributed by atoms with E-state index in [0.717, 1.165) is 18.7 Å². The van der Waals surface area contributed by atoms with Gasteiger partial charge in [0.1, 0.15) is 5.75 Å². The number of aromatic hydroxyl groups is 1. The molecule has 84 valence electrons. The highest BCUT2D eigenvalue weighted by molar-refractivity contribution is 6.32. The van der Waals surface area contributed by atoms with Crippen molar-refractivity contribution in [1.29, 1.82) is 0 Å². The van der Waals surface area contributed by atoms with E-state index >= 15 is 0 Å². The summed E-state index contributed by atoms with van der Waals surface area (Å²) in [5.41, 5.74) is 1.36. The number of rotatable bonds is 3. The van der Waals surface area contributed by atoms with E-state index in [9.17, 15) is 5.11 Å². The molecular weight excluding hydrogens is 210 g/mol. The molecule has 3 heteroatoms. The quantitative estimate of drug-likeness (QED) is 0.832. The van der Waals surface area contributed by atoms with Gasteiger partial charge in [0, 0.05) is 13.1 Å². The van der Waals surface area contributed by atoms with Gasteiger partial charge in [-0.15, -0.1) is 0 Å². The maximum Gasteiger partial charge on any atom is 0.134 e. The Balaban J connectivity index is 2.48. The number of halogens is 1.